The summed E-state index contributed by atoms with van der Waals surface area (Å²) < 4.78 is 7.24. The second kappa shape index (κ2) is 11.7. The first-order chi connectivity index (χ1) is 18.6. The van der Waals surface area contributed by atoms with Gasteiger partial charge in [-0.25, -0.2) is 4.98 Å². The Labute approximate surface area is 220 Å². The fraction of sp³-hybridized carbons (Fsp3) is 0.444. The van der Waals surface area contributed by atoms with E-state index in [1.165, 1.54) is 0 Å². The van der Waals surface area contributed by atoms with E-state index < -0.39 is 0 Å². The van der Waals surface area contributed by atoms with E-state index in [1.54, 1.807) is 12.4 Å². The molecule has 11 heteroatoms. The number of ether oxygens (including phenoxy) is 1. The first-order valence-electron chi connectivity index (χ1n) is 13.2. The minimum atomic E-state index is -0.104. The van der Waals surface area contributed by atoms with Crippen molar-refractivity contribution in [2.75, 3.05) is 30.9 Å². The third-order valence-corrected chi connectivity index (χ3v) is 6.94. The fourth-order valence-corrected chi connectivity index (χ4v) is 5.05. The van der Waals surface area contributed by atoms with Gasteiger partial charge < -0.3 is 26.2 Å². The van der Waals surface area contributed by atoms with E-state index in [4.69, 9.17) is 10.5 Å². The highest BCUT2D eigenvalue weighted by atomic mass is 16.5. The van der Waals surface area contributed by atoms with Crippen LogP contribution < -0.4 is 16.4 Å². The Morgan fingerprint density at radius 1 is 1.24 bits per heavy atom. The Hall–Kier alpha value is -3.83. The Kier molecular flexibility index (Phi) is 7.94. The lowest BCUT2D eigenvalue weighted by Crippen LogP contribution is -2.39. The van der Waals surface area contributed by atoms with Crippen molar-refractivity contribution >= 4 is 39.6 Å². The van der Waals surface area contributed by atoms with Crippen molar-refractivity contribution in [3.05, 3.63) is 47.8 Å². The Morgan fingerprint density at radius 2 is 2.08 bits per heavy atom. The van der Waals surface area contributed by atoms with Crippen molar-refractivity contribution in [3.8, 4) is 0 Å². The van der Waals surface area contributed by atoms with Crippen LogP contribution in [0.15, 0.2) is 36.7 Å². The van der Waals surface area contributed by atoms with Crippen LogP contribution in [0.2, 0.25) is 0 Å². The van der Waals surface area contributed by atoms with Crippen LogP contribution in [0.3, 0.4) is 0 Å². The number of anilines is 2. The molecular weight excluding hydrogens is 484 g/mol. The van der Waals surface area contributed by atoms with Gasteiger partial charge in [0, 0.05) is 49.1 Å². The van der Waals surface area contributed by atoms with Gasteiger partial charge in [-0.1, -0.05) is 25.5 Å². The topological polar surface area (TPSA) is 153 Å². The molecule has 0 bridgehead atoms. The van der Waals surface area contributed by atoms with Crippen molar-refractivity contribution in [3.63, 3.8) is 0 Å². The third-order valence-electron chi connectivity index (χ3n) is 6.94. The van der Waals surface area contributed by atoms with Crippen LogP contribution in [0.25, 0.3) is 21.9 Å². The lowest BCUT2D eigenvalue weighted by molar-refractivity contribution is 0.0697. The maximum Gasteiger partial charge on any atom is 0.252 e. The molecule has 1 unspecified atom stereocenters. The van der Waals surface area contributed by atoms with Crippen molar-refractivity contribution in [1.29, 1.82) is 0 Å². The van der Waals surface area contributed by atoms with Gasteiger partial charge in [-0.15, -0.1) is 0 Å². The number of carbonyl (C=O) groups is 1. The molecule has 5 N–H and O–H groups in total. The van der Waals surface area contributed by atoms with E-state index in [-0.39, 0.29) is 30.5 Å². The van der Waals surface area contributed by atoms with Gasteiger partial charge in [0.15, 0.2) is 5.82 Å². The molecule has 0 saturated carbocycles. The molecule has 0 spiro atoms. The smallest absolute Gasteiger partial charge is 0.252 e. The molecule has 1 fully saturated rings. The van der Waals surface area contributed by atoms with Crippen LogP contribution in [-0.2, 0) is 11.3 Å². The number of rotatable bonds is 10. The van der Waals surface area contributed by atoms with Gasteiger partial charge in [-0.3, -0.25) is 14.5 Å². The molecule has 1 aromatic carbocycles. The summed E-state index contributed by atoms with van der Waals surface area (Å²) in [6, 6.07) is 7.70. The highest BCUT2D eigenvalue weighted by Gasteiger charge is 2.21. The Balaban J connectivity index is 1.48. The van der Waals surface area contributed by atoms with Crippen LogP contribution in [0, 0.1) is 0 Å². The molecule has 200 valence electrons. The maximum absolute atomic E-state index is 13.2. The standard InChI is InChI=1S/C27H34N8O3/c1-2-4-18(8-12-36)31-25-24-22(33-27(28)34-25)15-30-35(24)16-17-6-7-21(20-5-3-11-29-23(17)20)26(37)32-19-9-13-38-14-10-19/h3,5-7,11,15,18-19,36H,2,4,8-10,12-14,16H2,1H3,(H,32,37)(H3,28,31,33,34). The van der Waals surface area contributed by atoms with E-state index >= 15 is 0 Å². The summed E-state index contributed by atoms with van der Waals surface area (Å²) in [5.41, 5.74) is 9.60. The number of aromatic nitrogens is 5. The zero-order valence-electron chi connectivity index (χ0n) is 21.6. The SMILES string of the molecule is CCCC(CCO)Nc1nc(N)nc2cnn(Cc3ccc(C(=O)NC4CCOCC4)c4cccnc34)c12. The van der Waals surface area contributed by atoms with E-state index in [9.17, 15) is 9.90 Å². The van der Waals surface area contributed by atoms with Crippen molar-refractivity contribution in [1.82, 2.24) is 30.0 Å². The molecule has 1 amide bonds. The number of benzene rings is 1. The van der Waals surface area contributed by atoms with Gasteiger partial charge in [-0.05, 0) is 43.4 Å². The number of carbonyl (C=O) groups excluding carboxylic acids is 1. The van der Waals surface area contributed by atoms with Crippen molar-refractivity contribution < 1.29 is 14.6 Å². The maximum atomic E-state index is 13.2. The molecule has 1 saturated heterocycles. The van der Waals surface area contributed by atoms with Gasteiger partial charge in [-0.2, -0.15) is 10.1 Å². The molecule has 3 aromatic heterocycles. The van der Waals surface area contributed by atoms with Crippen LogP contribution in [0.5, 0.6) is 0 Å². The summed E-state index contributed by atoms with van der Waals surface area (Å²) in [4.78, 5) is 26.6. The van der Waals surface area contributed by atoms with Crippen LogP contribution in [0.1, 0.15) is 54.9 Å². The number of nitrogens with two attached hydrogens (primary N) is 1. The van der Waals surface area contributed by atoms with E-state index in [0.717, 1.165) is 47.7 Å². The molecule has 1 aliphatic heterocycles. The normalized spacial score (nSPS) is 15.1. The first kappa shape index (κ1) is 25.8. The summed E-state index contributed by atoms with van der Waals surface area (Å²) in [5, 5.41) is 21.5. The van der Waals surface area contributed by atoms with Gasteiger partial charge >= 0.3 is 0 Å². The Morgan fingerprint density at radius 3 is 2.87 bits per heavy atom. The number of amides is 1. The number of fused-ring (bicyclic) bond motifs is 2. The van der Waals surface area contributed by atoms with Gasteiger partial charge in [0.05, 0.1) is 18.3 Å². The zero-order chi connectivity index (χ0) is 26.5. The molecular formula is C27H34N8O3. The number of aliphatic hydroxyl groups excluding tert-OH is 1. The highest BCUT2D eigenvalue weighted by molar-refractivity contribution is 6.07. The molecule has 4 aromatic rings. The van der Waals surface area contributed by atoms with Gasteiger partial charge in [0.25, 0.3) is 5.91 Å². The minimum absolute atomic E-state index is 0.0434. The number of hydrogen-bond donors (Lipinski definition) is 4. The summed E-state index contributed by atoms with van der Waals surface area (Å²) in [6.07, 6.45) is 7.47. The number of hydrogen-bond acceptors (Lipinski definition) is 9. The molecule has 5 rings (SSSR count). The van der Waals surface area contributed by atoms with Crippen molar-refractivity contribution in [2.45, 2.75) is 57.7 Å². The van der Waals surface area contributed by atoms with Gasteiger partial charge in [0.2, 0.25) is 5.95 Å². The molecule has 1 aliphatic rings. The molecule has 4 heterocycles. The zero-order valence-corrected chi connectivity index (χ0v) is 21.6. The summed E-state index contributed by atoms with van der Waals surface area (Å²) in [7, 11) is 0. The second-order valence-corrected chi connectivity index (χ2v) is 9.64. The summed E-state index contributed by atoms with van der Waals surface area (Å²) >= 11 is 0. The second-order valence-electron chi connectivity index (χ2n) is 9.64. The number of aliphatic hydroxyl groups is 1. The van der Waals surface area contributed by atoms with Crippen LogP contribution in [-0.4, -0.2) is 67.7 Å². The predicted octanol–water partition coefficient (Wildman–Crippen LogP) is 2.88. The van der Waals surface area contributed by atoms with Crippen molar-refractivity contribution in [2.24, 2.45) is 0 Å². The third kappa shape index (κ3) is 5.53. The quantitative estimate of drug-likeness (QED) is 0.248. The monoisotopic (exact) mass is 518 g/mol. The van der Waals surface area contributed by atoms with E-state index in [0.29, 0.717) is 43.1 Å². The number of nitrogen functional groups attached to an aromatic ring is 1. The fourth-order valence-electron chi connectivity index (χ4n) is 5.05. The highest BCUT2D eigenvalue weighted by Crippen LogP contribution is 2.27. The predicted molar refractivity (Wildman–Crippen MR) is 146 cm³/mol. The molecule has 11 nitrogen and oxygen atoms in total. The van der Waals surface area contributed by atoms with Crippen LogP contribution in [0.4, 0.5) is 11.8 Å². The average Bonchev–Trinajstić information content (AvgIpc) is 3.32. The number of nitrogens with one attached hydrogen (secondary N) is 2. The summed E-state index contributed by atoms with van der Waals surface area (Å²) in [5.74, 6) is 0.639. The van der Waals surface area contributed by atoms with E-state index in [1.807, 2.05) is 28.9 Å². The molecule has 0 radical (unpaired) electrons. The first-order valence-corrected chi connectivity index (χ1v) is 13.2. The molecule has 1 atom stereocenters. The largest absolute Gasteiger partial charge is 0.396 e. The summed E-state index contributed by atoms with van der Waals surface area (Å²) in [6.45, 7) is 3.91. The van der Waals surface area contributed by atoms with E-state index in [2.05, 4.69) is 37.6 Å². The van der Waals surface area contributed by atoms with Crippen LogP contribution >= 0.6 is 0 Å². The average molecular weight is 519 g/mol. The number of nitrogens with zero attached hydrogens (tertiary/aromatic N) is 5. The molecule has 0 aliphatic carbocycles. The lowest BCUT2D eigenvalue weighted by atomic mass is 10.0. The Bertz CT molecular complexity index is 1410. The lowest BCUT2D eigenvalue weighted by Gasteiger charge is -2.23. The number of pyridine rings is 1. The molecule has 38 heavy (non-hydrogen) atoms. The van der Waals surface area contributed by atoms with Gasteiger partial charge in [0.1, 0.15) is 11.0 Å². The minimum Gasteiger partial charge on any atom is -0.396 e.